The molecule has 0 saturated heterocycles. The number of benzene rings is 3. The lowest BCUT2D eigenvalue weighted by molar-refractivity contribution is -0.137. The molecule has 0 aliphatic carbocycles. The Kier molecular flexibility index (Phi) is 5.36. The second kappa shape index (κ2) is 8.10. The summed E-state index contributed by atoms with van der Waals surface area (Å²) in [5.41, 5.74) is 3.78. The number of carboxylic acid groups (broad SMARTS) is 1. The van der Waals surface area contributed by atoms with Crippen LogP contribution in [0.25, 0.3) is 10.9 Å². The van der Waals surface area contributed by atoms with Gasteiger partial charge in [-0.05, 0) is 47.0 Å². The fourth-order valence-electron chi connectivity index (χ4n) is 3.78. The van der Waals surface area contributed by atoms with Crippen LogP contribution in [0, 0.1) is 5.82 Å². The molecule has 1 atom stereocenters. The number of para-hydroxylation sites is 1. The average Bonchev–Trinajstić information content (AvgIpc) is 3.06. The minimum atomic E-state index is -0.870. The van der Waals surface area contributed by atoms with E-state index in [1.165, 1.54) is 12.1 Å². The van der Waals surface area contributed by atoms with Gasteiger partial charge < -0.3 is 9.67 Å². The molecule has 3 nitrogen and oxygen atoms in total. The van der Waals surface area contributed by atoms with E-state index < -0.39 is 5.97 Å². The fraction of sp³-hybridized carbons (Fsp3) is 0.125. The lowest BCUT2D eigenvalue weighted by Gasteiger charge is -2.15. The topological polar surface area (TPSA) is 42.2 Å². The molecule has 0 spiro atoms. The highest BCUT2D eigenvalue weighted by Gasteiger charge is 2.22. The molecule has 0 fully saturated rings. The van der Waals surface area contributed by atoms with E-state index >= 15 is 0 Å². The van der Waals surface area contributed by atoms with Gasteiger partial charge in [0, 0.05) is 34.6 Å². The number of halogens is 2. The van der Waals surface area contributed by atoms with Crippen molar-refractivity contribution in [1.82, 2.24) is 4.57 Å². The van der Waals surface area contributed by atoms with Crippen molar-refractivity contribution in [2.24, 2.45) is 0 Å². The maximum absolute atomic E-state index is 13.3. The zero-order valence-corrected chi connectivity index (χ0v) is 16.3. The molecular weight excluding hydrogens is 389 g/mol. The van der Waals surface area contributed by atoms with Crippen molar-refractivity contribution in [2.75, 3.05) is 0 Å². The molecule has 0 aliphatic heterocycles. The van der Waals surface area contributed by atoms with Crippen LogP contribution in [0.15, 0.2) is 79.0 Å². The fourth-order valence-corrected chi connectivity index (χ4v) is 3.97. The molecule has 29 heavy (non-hydrogen) atoms. The van der Waals surface area contributed by atoms with E-state index in [0.717, 1.165) is 27.6 Å². The predicted molar refractivity (Wildman–Crippen MR) is 113 cm³/mol. The molecule has 1 unspecified atom stereocenters. The van der Waals surface area contributed by atoms with E-state index in [1.54, 1.807) is 18.2 Å². The Labute approximate surface area is 173 Å². The standard InChI is InChI=1S/C24H19ClFNO2/c25-18-5-3-4-17(12-18)21(13-24(28)29)22-15-27(23-7-2-1-6-20(22)23)14-16-8-10-19(26)11-9-16/h1-12,15,21H,13-14H2,(H,28,29). The highest BCUT2D eigenvalue weighted by Crippen LogP contribution is 2.36. The van der Waals surface area contributed by atoms with Crippen LogP contribution in [0.3, 0.4) is 0 Å². The lowest BCUT2D eigenvalue weighted by Crippen LogP contribution is -2.08. The number of hydrogen-bond donors (Lipinski definition) is 1. The number of hydrogen-bond acceptors (Lipinski definition) is 1. The Morgan fingerprint density at radius 1 is 1.03 bits per heavy atom. The highest BCUT2D eigenvalue weighted by atomic mass is 35.5. The largest absolute Gasteiger partial charge is 0.481 e. The van der Waals surface area contributed by atoms with Gasteiger partial charge in [0.15, 0.2) is 0 Å². The first-order valence-electron chi connectivity index (χ1n) is 9.31. The monoisotopic (exact) mass is 407 g/mol. The third kappa shape index (κ3) is 4.17. The van der Waals surface area contributed by atoms with Gasteiger partial charge in [0.25, 0.3) is 0 Å². The van der Waals surface area contributed by atoms with Crippen molar-refractivity contribution in [2.45, 2.75) is 18.9 Å². The van der Waals surface area contributed by atoms with E-state index in [2.05, 4.69) is 4.57 Å². The molecule has 1 aromatic heterocycles. The summed E-state index contributed by atoms with van der Waals surface area (Å²) in [5.74, 6) is -1.47. The van der Waals surface area contributed by atoms with Crippen LogP contribution in [0.5, 0.6) is 0 Å². The first-order chi connectivity index (χ1) is 14.0. The summed E-state index contributed by atoms with van der Waals surface area (Å²) in [6.45, 7) is 0.566. The number of carbonyl (C=O) groups is 1. The van der Waals surface area contributed by atoms with Gasteiger partial charge in [0.2, 0.25) is 0 Å². The van der Waals surface area contributed by atoms with E-state index in [0.29, 0.717) is 11.6 Å². The summed E-state index contributed by atoms with van der Waals surface area (Å²) in [7, 11) is 0. The van der Waals surface area contributed by atoms with Crippen LogP contribution in [0.4, 0.5) is 4.39 Å². The second-order valence-electron chi connectivity index (χ2n) is 7.06. The maximum Gasteiger partial charge on any atom is 0.304 e. The molecule has 4 aromatic rings. The molecule has 0 aliphatic rings. The van der Waals surface area contributed by atoms with Crippen LogP contribution >= 0.6 is 11.6 Å². The number of nitrogens with zero attached hydrogens (tertiary/aromatic N) is 1. The van der Waals surface area contributed by atoms with Crippen LogP contribution in [-0.2, 0) is 11.3 Å². The van der Waals surface area contributed by atoms with Crippen LogP contribution in [0.1, 0.15) is 29.0 Å². The van der Waals surface area contributed by atoms with Crippen molar-refractivity contribution < 1.29 is 14.3 Å². The van der Waals surface area contributed by atoms with Gasteiger partial charge in [0.05, 0.1) is 6.42 Å². The number of rotatable bonds is 6. The SMILES string of the molecule is O=C(O)CC(c1cccc(Cl)c1)c1cn(Cc2ccc(F)cc2)c2ccccc12. The van der Waals surface area contributed by atoms with Gasteiger partial charge >= 0.3 is 5.97 Å². The van der Waals surface area contributed by atoms with Crippen molar-refractivity contribution in [3.05, 3.63) is 107 Å². The van der Waals surface area contributed by atoms with E-state index in [1.807, 2.05) is 48.7 Å². The summed E-state index contributed by atoms with van der Waals surface area (Å²) in [5, 5.41) is 11.1. The summed E-state index contributed by atoms with van der Waals surface area (Å²) in [6.07, 6.45) is 1.97. The minimum absolute atomic E-state index is 0.0368. The average molecular weight is 408 g/mol. The number of aromatic nitrogens is 1. The smallest absolute Gasteiger partial charge is 0.304 e. The van der Waals surface area contributed by atoms with Crippen LogP contribution < -0.4 is 0 Å². The zero-order valence-electron chi connectivity index (χ0n) is 15.6. The number of fused-ring (bicyclic) bond motifs is 1. The van der Waals surface area contributed by atoms with E-state index in [-0.39, 0.29) is 18.2 Å². The molecule has 3 aromatic carbocycles. The molecule has 0 bridgehead atoms. The third-order valence-electron chi connectivity index (χ3n) is 5.09. The molecule has 146 valence electrons. The predicted octanol–water partition coefficient (Wildman–Crippen LogP) is 6.09. The van der Waals surface area contributed by atoms with Crippen molar-refractivity contribution >= 4 is 28.5 Å². The molecule has 5 heteroatoms. The van der Waals surface area contributed by atoms with Gasteiger partial charge in [-0.2, -0.15) is 0 Å². The van der Waals surface area contributed by atoms with Gasteiger partial charge in [-0.25, -0.2) is 4.39 Å². The summed E-state index contributed by atoms with van der Waals surface area (Å²) in [4.78, 5) is 11.6. The Morgan fingerprint density at radius 3 is 2.52 bits per heavy atom. The molecule has 0 radical (unpaired) electrons. The second-order valence-corrected chi connectivity index (χ2v) is 7.50. The van der Waals surface area contributed by atoms with Gasteiger partial charge in [-0.1, -0.05) is 54.1 Å². The number of aliphatic carboxylic acids is 1. The van der Waals surface area contributed by atoms with Gasteiger partial charge in [0.1, 0.15) is 5.82 Å². The van der Waals surface area contributed by atoms with Crippen molar-refractivity contribution in [3.63, 3.8) is 0 Å². The highest BCUT2D eigenvalue weighted by molar-refractivity contribution is 6.30. The Balaban J connectivity index is 1.83. The van der Waals surface area contributed by atoms with Crippen LogP contribution in [0.2, 0.25) is 5.02 Å². The Hall–Kier alpha value is -3.11. The quantitative estimate of drug-likeness (QED) is 0.420. The first-order valence-corrected chi connectivity index (χ1v) is 9.68. The van der Waals surface area contributed by atoms with Crippen molar-refractivity contribution in [3.8, 4) is 0 Å². The minimum Gasteiger partial charge on any atom is -0.481 e. The molecule has 0 saturated carbocycles. The molecular formula is C24H19ClFNO2. The lowest BCUT2D eigenvalue weighted by atomic mass is 9.88. The number of carboxylic acids is 1. The van der Waals surface area contributed by atoms with E-state index in [4.69, 9.17) is 11.6 Å². The van der Waals surface area contributed by atoms with Crippen molar-refractivity contribution in [1.29, 1.82) is 0 Å². The summed E-state index contributed by atoms with van der Waals surface area (Å²) in [6, 6.07) is 21.7. The molecule has 0 amide bonds. The molecule has 4 rings (SSSR count). The Morgan fingerprint density at radius 2 is 1.79 bits per heavy atom. The first kappa shape index (κ1) is 19.2. The summed E-state index contributed by atoms with van der Waals surface area (Å²) < 4.78 is 15.3. The normalized spacial score (nSPS) is 12.2. The van der Waals surface area contributed by atoms with Gasteiger partial charge in [-0.3, -0.25) is 4.79 Å². The van der Waals surface area contributed by atoms with Crippen LogP contribution in [-0.4, -0.2) is 15.6 Å². The summed E-state index contributed by atoms with van der Waals surface area (Å²) >= 11 is 6.17. The zero-order chi connectivity index (χ0) is 20.4. The Bertz CT molecular complexity index is 1170. The molecule has 1 heterocycles. The third-order valence-corrected chi connectivity index (χ3v) is 5.33. The molecule has 1 N–H and O–H groups in total. The maximum atomic E-state index is 13.3. The van der Waals surface area contributed by atoms with E-state index in [9.17, 15) is 14.3 Å². The van der Waals surface area contributed by atoms with Gasteiger partial charge in [-0.15, -0.1) is 0 Å².